The summed E-state index contributed by atoms with van der Waals surface area (Å²) in [6.45, 7) is 5.40. The Bertz CT molecular complexity index is 985. The predicted molar refractivity (Wildman–Crippen MR) is 107 cm³/mol. The second kappa shape index (κ2) is 7.70. The van der Waals surface area contributed by atoms with Gasteiger partial charge < -0.3 is 5.32 Å². The van der Waals surface area contributed by atoms with E-state index in [0.29, 0.717) is 11.3 Å². The van der Waals surface area contributed by atoms with E-state index >= 15 is 0 Å². The molecule has 0 saturated carbocycles. The minimum Gasteiger partial charge on any atom is -0.325 e. The van der Waals surface area contributed by atoms with Crippen LogP contribution in [0.1, 0.15) is 29.8 Å². The van der Waals surface area contributed by atoms with Gasteiger partial charge in [0.2, 0.25) is 5.91 Å². The average molecular weight is 364 g/mol. The van der Waals surface area contributed by atoms with Crippen molar-refractivity contribution >= 4 is 40.0 Å². The molecule has 1 atom stereocenters. The van der Waals surface area contributed by atoms with Gasteiger partial charge in [0.25, 0.3) is 0 Å². The highest BCUT2D eigenvalue weighted by atomic mass is 32.2. The van der Waals surface area contributed by atoms with Gasteiger partial charge in [-0.3, -0.25) is 9.59 Å². The van der Waals surface area contributed by atoms with Crippen LogP contribution in [0.4, 0.5) is 5.69 Å². The third kappa shape index (κ3) is 4.11. The number of benzene rings is 2. The maximum atomic E-state index is 12.5. The first-order valence-corrected chi connectivity index (χ1v) is 9.27. The van der Waals surface area contributed by atoms with E-state index in [9.17, 15) is 9.59 Å². The molecule has 0 aliphatic heterocycles. The Morgan fingerprint density at radius 2 is 1.85 bits per heavy atom. The standard InChI is InChI=1S/C21H20N2O2S/c1-13-11-20(23-19-10-5-4-9-18(13)19)26-15(3)21(25)22-17-8-6-7-16(12-17)14(2)24/h4-12,15H,1-3H3,(H,22,25). The van der Waals surface area contributed by atoms with Crippen molar-refractivity contribution in [1.82, 2.24) is 4.98 Å². The molecule has 1 aromatic heterocycles. The lowest BCUT2D eigenvalue weighted by atomic mass is 10.1. The molecule has 0 bridgehead atoms. The quantitative estimate of drug-likeness (QED) is 0.518. The van der Waals surface area contributed by atoms with E-state index in [1.54, 1.807) is 24.3 Å². The summed E-state index contributed by atoms with van der Waals surface area (Å²) in [6, 6.07) is 16.9. The fraction of sp³-hybridized carbons (Fsp3) is 0.190. The fourth-order valence-electron chi connectivity index (χ4n) is 2.67. The van der Waals surface area contributed by atoms with Crippen molar-refractivity contribution in [2.75, 3.05) is 5.32 Å². The number of hydrogen-bond acceptors (Lipinski definition) is 4. The monoisotopic (exact) mass is 364 g/mol. The Balaban J connectivity index is 1.73. The van der Waals surface area contributed by atoms with Crippen molar-refractivity contribution in [2.45, 2.75) is 31.0 Å². The van der Waals surface area contributed by atoms with Crippen molar-refractivity contribution in [3.05, 3.63) is 65.7 Å². The zero-order valence-corrected chi connectivity index (χ0v) is 15.8. The maximum Gasteiger partial charge on any atom is 0.237 e. The lowest BCUT2D eigenvalue weighted by Gasteiger charge is -2.13. The van der Waals surface area contributed by atoms with Crippen LogP contribution in [0.15, 0.2) is 59.6 Å². The lowest BCUT2D eigenvalue weighted by Crippen LogP contribution is -2.22. The Hall–Kier alpha value is -2.66. The Kier molecular flexibility index (Phi) is 5.38. The number of hydrogen-bond donors (Lipinski definition) is 1. The normalized spacial score (nSPS) is 12.0. The van der Waals surface area contributed by atoms with Gasteiger partial charge >= 0.3 is 0 Å². The van der Waals surface area contributed by atoms with Crippen molar-refractivity contribution in [1.29, 1.82) is 0 Å². The summed E-state index contributed by atoms with van der Waals surface area (Å²) in [4.78, 5) is 28.6. The molecule has 5 heteroatoms. The number of nitrogens with one attached hydrogen (secondary N) is 1. The molecule has 0 spiro atoms. The van der Waals surface area contributed by atoms with Crippen LogP contribution >= 0.6 is 11.8 Å². The van der Waals surface area contributed by atoms with Gasteiger partial charge in [-0.05, 0) is 50.6 Å². The largest absolute Gasteiger partial charge is 0.325 e. The van der Waals surface area contributed by atoms with E-state index < -0.39 is 0 Å². The van der Waals surface area contributed by atoms with Crippen LogP contribution < -0.4 is 5.32 Å². The van der Waals surface area contributed by atoms with E-state index in [-0.39, 0.29) is 16.9 Å². The molecule has 26 heavy (non-hydrogen) atoms. The zero-order valence-electron chi connectivity index (χ0n) is 14.9. The van der Waals surface area contributed by atoms with Crippen LogP contribution in [0, 0.1) is 6.92 Å². The summed E-state index contributed by atoms with van der Waals surface area (Å²) in [5.41, 5.74) is 3.27. The molecular formula is C21H20N2O2S. The fourth-order valence-corrected chi connectivity index (χ4v) is 3.60. The molecule has 4 nitrogen and oxygen atoms in total. The van der Waals surface area contributed by atoms with Gasteiger partial charge in [0.15, 0.2) is 5.78 Å². The van der Waals surface area contributed by atoms with Crippen LogP contribution in [-0.2, 0) is 4.79 Å². The van der Waals surface area contributed by atoms with Crippen LogP contribution in [0.2, 0.25) is 0 Å². The molecule has 1 unspecified atom stereocenters. The highest BCUT2D eigenvalue weighted by molar-refractivity contribution is 8.00. The number of rotatable bonds is 5. The van der Waals surface area contributed by atoms with Gasteiger partial charge in [0.1, 0.15) is 0 Å². The van der Waals surface area contributed by atoms with E-state index in [1.165, 1.54) is 18.7 Å². The second-order valence-corrected chi connectivity index (χ2v) is 7.54. The number of thioether (sulfide) groups is 1. The maximum absolute atomic E-state index is 12.5. The first-order chi connectivity index (χ1) is 12.4. The highest BCUT2D eigenvalue weighted by Gasteiger charge is 2.16. The number of anilines is 1. The van der Waals surface area contributed by atoms with Crippen molar-refractivity contribution < 1.29 is 9.59 Å². The van der Waals surface area contributed by atoms with Crippen LogP contribution in [0.25, 0.3) is 10.9 Å². The van der Waals surface area contributed by atoms with E-state index in [1.807, 2.05) is 44.2 Å². The van der Waals surface area contributed by atoms with Crippen molar-refractivity contribution in [3.8, 4) is 0 Å². The summed E-state index contributed by atoms with van der Waals surface area (Å²) >= 11 is 1.42. The van der Waals surface area contributed by atoms with Crippen LogP contribution in [-0.4, -0.2) is 21.9 Å². The molecule has 1 heterocycles. The minimum absolute atomic E-state index is 0.0284. The number of nitrogens with zero attached hydrogens (tertiary/aromatic N) is 1. The Morgan fingerprint density at radius 3 is 2.62 bits per heavy atom. The Labute approximate surface area is 157 Å². The Morgan fingerprint density at radius 1 is 1.08 bits per heavy atom. The molecule has 0 saturated heterocycles. The van der Waals surface area contributed by atoms with Gasteiger partial charge in [-0.1, -0.05) is 42.1 Å². The summed E-state index contributed by atoms with van der Waals surface area (Å²) in [5.74, 6) is -0.150. The van der Waals surface area contributed by atoms with Crippen molar-refractivity contribution in [2.24, 2.45) is 0 Å². The topological polar surface area (TPSA) is 59.1 Å². The summed E-state index contributed by atoms with van der Waals surface area (Å²) in [5, 5.41) is 4.49. The number of carbonyl (C=O) groups excluding carboxylic acids is 2. The molecule has 1 N–H and O–H groups in total. The molecule has 3 aromatic rings. The third-order valence-corrected chi connectivity index (χ3v) is 5.12. The summed E-state index contributed by atoms with van der Waals surface area (Å²) in [6.07, 6.45) is 0. The van der Waals surface area contributed by atoms with E-state index in [2.05, 4.69) is 10.3 Å². The predicted octanol–water partition coefficient (Wildman–Crippen LogP) is 4.87. The molecule has 0 radical (unpaired) electrons. The van der Waals surface area contributed by atoms with Gasteiger partial charge in [0, 0.05) is 16.6 Å². The molecule has 0 aliphatic carbocycles. The number of aromatic nitrogens is 1. The number of Topliss-reactive ketones (excluding diaryl/α,β-unsaturated/α-hetero) is 1. The molecule has 1 amide bonds. The van der Waals surface area contributed by atoms with Gasteiger partial charge in [-0.2, -0.15) is 0 Å². The molecule has 0 fully saturated rings. The van der Waals surface area contributed by atoms with Gasteiger partial charge in [-0.25, -0.2) is 4.98 Å². The van der Waals surface area contributed by atoms with E-state index in [4.69, 9.17) is 0 Å². The summed E-state index contributed by atoms with van der Waals surface area (Å²) < 4.78 is 0. The number of aryl methyl sites for hydroxylation is 1. The molecule has 3 rings (SSSR count). The number of fused-ring (bicyclic) bond motifs is 1. The molecule has 0 aliphatic rings. The SMILES string of the molecule is CC(=O)c1cccc(NC(=O)C(C)Sc2cc(C)c3ccccc3n2)c1. The van der Waals surface area contributed by atoms with Crippen LogP contribution in [0.3, 0.4) is 0 Å². The number of para-hydroxylation sites is 1. The smallest absolute Gasteiger partial charge is 0.237 e. The number of amides is 1. The van der Waals surface area contributed by atoms with Crippen molar-refractivity contribution in [3.63, 3.8) is 0 Å². The van der Waals surface area contributed by atoms with Crippen LogP contribution in [0.5, 0.6) is 0 Å². The minimum atomic E-state index is -0.316. The first kappa shape index (κ1) is 18.1. The zero-order chi connectivity index (χ0) is 18.7. The molecule has 2 aromatic carbocycles. The summed E-state index contributed by atoms with van der Waals surface area (Å²) in [7, 11) is 0. The number of pyridine rings is 1. The highest BCUT2D eigenvalue weighted by Crippen LogP contribution is 2.27. The number of ketones is 1. The lowest BCUT2D eigenvalue weighted by molar-refractivity contribution is -0.115. The van der Waals surface area contributed by atoms with E-state index in [0.717, 1.165) is 21.5 Å². The molecular weight excluding hydrogens is 344 g/mol. The first-order valence-electron chi connectivity index (χ1n) is 8.39. The van der Waals surface area contributed by atoms with Gasteiger partial charge in [-0.15, -0.1) is 0 Å². The molecule has 132 valence electrons. The average Bonchev–Trinajstić information content (AvgIpc) is 2.62. The number of carbonyl (C=O) groups is 2. The second-order valence-electron chi connectivity index (χ2n) is 6.18. The third-order valence-electron chi connectivity index (χ3n) is 4.10. The van der Waals surface area contributed by atoms with Gasteiger partial charge in [0.05, 0.1) is 15.8 Å².